The van der Waals surface area contributed by atoms with Crippen molar-refractivity contribution < 1.29 is 14.3 Å². The Labute approximate surface area is 53.3 Å². The summed E-state index contributed by atoms with van der Waals surface area (Å²) in [6.45, 7) is 1.77. The monoisotopic (exact) mass is 142 g/mol. The first-order valence-corrected chi connectivity index (χ1v) is 2.12. The lowest BCUT2D eigenvalue weighted by molar-refractivity contribution is -0.183. The molecule has 0 aromatic rings. The van der Waals surface area contributed by atoms with E-state index < -0.39 is 5.97 Å². The molecule has 0 aliphatic rings. The number of rotatable bonds is 2. The van der Waals surface area contributed by atoms with Crippen molar-refractivity contribution >= 4 is 18.4 Å². The summed E-state index contributed by atoms with van der Waals surface area (Å²) in [7, 11) is 0. The van der Waals surface area contributed by atoms with E-state index in [1.54, 1.807) is 6.92 Å². The second-order valence-electron chi connectivity index (χ2n) is 1.20. The molecule has 4 heteroatoms. The maximum Gasteiger partial charge on any atom is 0.348 e. The molecular weight excluding hydrogens is 134 g/mol. The van der Waals surface area contributed by atoms with Gasteiger partial charge < -0.3 is 0 Å². The molecule has 0 saturated carbocycles. The van der Waals surface area contributed by atoms with Crippen LogP contribution in [0.25, 0.3) is 0 Å². The Morgan fingerprint density at radius 1 is 1.75 bits per heavy atom. The smallest absolute Gasteiger partial charge is 0.255 e. The normalized spacial score (nSPS) is 7.25. The highest BCUT2D eigenvalue weighted by atomic mass is 35.5. The van der Waals surface area contributed by atoms with Gasteiger partial charge in [0, 0.05) is 10.9 Å². The van der Waals surface area contributed by atoms with Crippen molar-refractivity contribution in [3.05, 3.63) is 0 Å². The van der Waals surface area contributed by atoms with Crippen molar-refractivity contribution in [2.24, 2.45) is 0 Å². The van der Waals surface area contributed by atoms with Crippen LogP contribution in [0.5, 0.6) is 0 Å². The second-order valence-corrected chi connectivity index (χ2v) is 1.20. The van der Waals surface area contributed by atoms with Crippen LogP contribution in [0.1, 0.15) is 19.8 Å². The van der Waals surface area contributed by atoms with Gasteiger partial charge in [-0.25, -0.2) is 4.79 Å². The van der Waals surface area contributed by atoms with Crippen LogP contribution in [0.2, 0.25) is 0 Å². The van der Waals surface area contributed by atoms with E-state index in [0.29, 0.717) is 6.42 Å². The summed E-state index contributed by atoms with van der Waals surface area (Å²) < 4.78 is 10.7. The maximum absolute atomic E-state index is 10.7. The quantitative estimate of drug-likeness (QED) is 0.586. The summed E-state index contributed by atoms with van der Waals surface area (Å²) in [6.07, 6.45) is 0.791. The summed E-state index contributed by atoms with van der Waals surface area (Å²) in [5.41, 5.74) is 0. The molecule has 2 nitrogen and oxygen atoms in total. The van der Waals surface area contributed by atoms with Crippen molar-refractivity contribution in [2.75, 3.05) is 0 Å². The molecule has 0 aliphatic heterocycles. The van der Waals surface area contributed by atoms with Crippen LogP contribution in [0.15, 0.2) is 0 Å². The van der Waals surface area contributed by atoms with Crippen LogP contribution >= 0.6 is 12.4 Å². The molecule has 0 bridgehead atoms. The Morgan fingerprint density at radius 3 is 2.38 bits per heavy atom. The van der Waals surface area contributed by atoms with Crippen molar-refractivity contribution in [2.45, 2.75) is 19.8 Å². The van der Waals surface area contributed by atoms with E-state index in [1.165, 1.54) is 0 Å². The van der Waals surface area contributed by atoms with Gasteiger partial charge in [0.1, 0.15) is 0 Å². The number of hydrogen-bond acceptors (Lipinski definition) is 2. The minimum absolute atomic E-state index is 0. The van der Waals surface area contributed by atoms with Crippen LogP contribution in [0.3, 0.4) is 0 Å². The molecule has 0 aromatic heterocycles. The molecule has 0 saturated heterocycles. The van der Waals surface area contributed by atoms with Gasteiger partial charge in [-0.2, -0.15) is 0 Å². The first-order valence-electron chi connectivity index (χ1n) is 2.12. The van der Waals surface area contributed by atoms with Crippen molar-refractivity contribution in [3.63, 3.8) is 0 Å². The van der Waals surface area contributed by atoms with Gasteiger partial charge >= 0.3 is 5.97 Å². The first-order chi connectivity index (χ1) is 3.31. The molecule has 0 spiro atoms. The van der Waals surface area contributed by atoms with E-state index in [2.05, 4.69) is 4.94 Å². The van der Waals surface area contributed by atoms with Gasteiger partial charge in [0.15, 0.2) is 0 Å². The molecule has 0 heterocycles. The zero-order chi connectivity index (χ0) is 5.70. The predicted molar refractivity (Wildman–Crippen MR) is 29.4 cm³/mol. The lowest BCUT2D eigenvalue weighted by Crippen LogP contribution is -1.94. The van der Waals surface area contributed by atoms with Crippen molar-refractivity contribution in [3.8, 4) is 0 Å². The Hall–Kier alpha value is -0.310. The highest BCUT2D eigenvalue weighted by Crippen LogP contribution is 1.89. The Kier molecular flexibility index (Phi) is 8.89. The molecule has 0 amide bonds. The molecule has 8 heavy (non-hydrogen) atoms. The average molecular weight is 143 g/mol. The van der Waals surface area contributed by atoms with E-state index >= 15 is 0 Å². The summed E-state index contributed by atoms with van der Waals surface area (Å²) in [6, 6.07) is 0. The lowest BCUT2D eigenvalue weighted by atomic mass is 10.4. The Balaban J connectivity index is 0. The average Bonchev–Trinajstić information content (AvgIpc) is 1.68. The van der Waals surface area contributed by atoms with Gasteiger partial charge in [0.2, 0.25) is 0 Å². The fraction of sp³-hybridized carbons (Fsp3) is 0.750. The fourth-order valence-corrected chi connectivity index (χ4v) is 0.243. The molecule has 0 radical (unpaired) electrons. The summed E-state index contributed by atoms with van der Waals surface area (Å²) >= 11 is 0. The molecule has 0 aliphatic carbocycles. The first kappa shape index (κ1) is 10.6. The van der Waals surface area contributed by atoms with Crippen molar-refractivity contribution in [1.82, 2.24) is 0 Å². The van der Waals surface area contributed by atoms with Crippen LogP contribution in [-0.4, -0.2) is 5.97 Å². The van der Waals surface area contributed by atoms with Gasteiger partial charge in [-0.1, -0.05) is 6.92 Å². The third kappa shape index (κ3) is 5.69. The van der Waals surface area contributed by atoms with Gasteiger partial charge in [-0.3, -0.25) is 4.94 Å². The van der Waals surface area contributed by atoms with Crippen LogP contribution in [0, 0.1) is 0 Å². The van der Waals surface area contributed by atoms with E-state index in [4.69, 9.17) is 0 Å². The molecular formula is C4H8ClFO2. The standard InChI is InChI=1S/C4H7FO2.ClH/c1-2-3-4(6)7-5;/h2-3H2,1H3;1H. The maximum atomic E-state index is 10.7. The highest BCUT2D eigenvalue weighted by Gasteiger charge is 1.96. The molecule has 0 aromatic carbocycles. The molecule has 0 unspecified atom stereocenters. The van der Waals surface area contributed by atoms with E-state index in [-0.39, 0.29) is 18.8 Å². The zero-order valence-corrected chi connectivity index (χ0v) is 5.33. The Bertz CT molecular complexity index is 67.1. The lowest BCUT2D eigenvalue weighted by Gasteiger charge is -1.84. The SMILES string of the molecule is CCCC(=O)OF.Cl. The van der Waals surface area contributed by atoms with E-state index in [9.17, 15) is 9.32 Å². The third-order valence-corrected chi connectivity index (χ3v) is 0.540. The number of carbonyl (C=O) groups is 1. The molecule has 0 fully saturated rings. The largest absolute Gasteiger partial charge is 0.348 e. The second kappa shape index (κ2) is 6.69. The predicted octanol–water partition coefficient (Wildman–Crippen LogP) is 1.64. The van der Waals surface area contributed by atoms with Gasteiger partial charge in [-0.15, -0.1) is 12.4 Å². The Morgan fingerprint density at radius 2 is 2.25 bits per heavy atom. The minimum atomic E-state index is -0.789. The van der Waals surface area contributed by atoms with Gasteiger partial charge in [0.05, 0.1) is 0 Å². The fourth-order valence-electron chi connectivity index (χ4n) is 0.243. The summed E-state index contributed by atoms with van der Waals surface area (Å²) in [5.74, 6) is -0.789. The van der Waals surface area contributed by atoms with Crippen LogP contribution in [0.4, 0.5) is 4.53 Å². The van der Waals surface area contributed by atoms with E-state index in [0.717, 1.165) is 0 Å². The topological polar surface area (TPSA) is 26.3 Å². The summed E-state index contributed by atoms with van der Waals surface area (Å²) in [5, 5.41) is 0. The van der Waals surface area contributed by atoms with E-state index in [1.807, 2.05) is 0 Å². The van der Waals surface area contributed by atoms with Crippen LogP contribution < -0.4 is 0 Å². The van der Waals surface area contributed by atoms with Crippen LogP contribution in [-0.2, 0) is 9.74 Å². The third-order valence-electron chi connectivity index (χ3n) is 0.540. The zero-order valence-electron chi connectivity index (χ0n) is 4.52. The number of halogens is 2. The molecule has 0 rings (SSSR count). The molecule has 0 atom stereocenters. The van der Waals surface area contributed by atoms with Gasteiger partial charge in [-0.05, 0) is 6.42 Å². The number of hydrogen-bond donors (Lipinski definition) is 0. The van der Waals surface area contributed by atoms with Crippen molar-refractivity contribution in [1.29, 1.82) is 0 Å². The number of carbonyl (C=O) groups excluding carboxylic acids is 1. The highest BCUT2D eigenvalue weighted by molar-refractivity contribution is 5.85. The summed E-state index contributed by atoms with van der Waals surface area (Å²) in [4.78, 5) is 12.7. The molecule has 0 N–H and O–H groups in total. The minimum Gasteiger partial charge on any atom is -0.255 e. The van der Waals surface area contributed by atoms with Gasteiger partial charge in [0.25, 0.3) is 0 Å². The molecule has 50 valence electrons.